The van der Waals surface area contributed by atoms with Gasteiger partial charge >= 0.3 is 5.97 Å². The fourth-order valence-electron chi connectivity index (χ4n) is 3.32. The van der Waals surface area contributed by atoms with Gasteiger partial charge in [-0.3, -0.25) is 9.59 Å². The molecule has 0 heterocycles. The molecule has 0 amide bonds. The smallest absolute Gasteiger partial charge is 0.320 e. The molecule has 5 nitrogen and oxygen atoms in total. The molecule has 0 aliphatic heterocycles. The first-order valence-electron chi connectivity index (χ1n) is 9.99. The van der Waals surface area contributed by atoms with E-state index in [0.29, 0.717) is 24.9 Å². The number of nitrogens with two attached hydrogens (primary N) is 1. The number of carboxylic acid groups (broad SMARTS) is 1. The van der Waals surface area contributed by atoms with Gasteiger partial charge in [0.15, 0.2) is 5.78 Å². The van der Waals surface area contributed by atoms with Crippen LogP contribution in [-0.4, -0.2) is 29.4 Å². The highest BCUT2D eigenvalue weighted by Gasteiger charge is 2.13. The minimum atomic E-state index is -0.996. The first kappa shape index (κ1) is 21.4. The summed E-state index contributed by atoms with van der Waals surface area (Å²) < 4.78 is 0. The van der Waals surface area contributed by atoms with Crippen LogP contribution in [0.2, 0.25) is 0 Å². The Kier molecular flexibility index (Phi) is 7.49. The van der Waals surface area contributed by atoms with Crippen LogP contribution in [0.1, 0.15) is 27.9 Å². The molecule has 30 heavy (non-hydrogen) atoms. The van der Waals surface area contributed by atoms with Crippen molar-refractivity contribution in [1.82, 2.24) is 5.32 Å². The first-order valence-corrected chi connectivity index (χ1v) is 9.99. The van der Waals surface area contributed by atoms with E-state index < -0.39 is 12.0 Å². The van der Waals surface area contributed by atoms with Crippen molar-refractivity contribution in [1.29, 1.82) is 0 Å². The lowest BCUT2D eigenvalue weighted by Crippen LogP contribution is -2.30. The number of carbonyl (C=O) groups is 2. The van der Waals surface area contributed by atoms with Crippen LogP contribution in [0.25, 0.3) is 11.1 Å². The number of aryl methyl sites for hydroxylation is 1. The Balaban J connectivity index is 1.74. The first-order chi connectivity index (χ1) is 14.5. The molecule has 3 aromatic carbocycles. The molecule has 4 N–H and O–H groups in total. The number of hydrogen-bond donors (Lipinski definition) is 3. The van der Waals surface area contributed by atoms with E-state index in [1.165, 1.54) is 0 Å². The molecule has 0 saturated carbocycles. The van der Waals surface area contributed by atoms with Gasteiger partial charge in [0.05, 0.1) is 6.54 Å². The Hall–Kier alpha value is -3.28. The van der Waals surface area contributed by atoms with Crippen molar-refractivity contribution in [3.63, 3.8) is 0 Å². The summed E-state index contributed by atoms with van der Waals surface area (Å²) in [6.07, 6.45) is 0.919. The van der Waals surface area contributed by atoms with Crippen molar-refractivity contribution in [2.24, 2.45) is 5.73 Å². The van der Waals surface area contributed by atoms with Gasteiger partial charge in [-0.05, 0) is 41.2 Å². The Labute approximate surface area is 176 Å². The molecule has 154 valence electrons. The van der Waals surface area contributed by atoms with Gasteiger partial charge < -0.3 is 16.2 Å². The molecule has 1 unspecified atom stereocenters. The number of nitrogens with one attached hydrogen (secondary N) is 1. The molecule has 0 aliphatic carbocycles. The maximum Gasteiger partial charge on any atom is 0.320 e. The lowest BCUT2D eigenvalue weighted by Gasteiger charge is -2.14. The molecule has 0 aromatic heterocycles. The van der Waals surface area contributed by atoms with Crippen LogP contribution in [0.3, 0.4) is 0 Å². The van der Waals surface area contributed by atoms with Gasteiger partial charge in [0.1, 0.15) is 6.04 Å². The van der Waals surface area contributed by atoms with Crippen LogP contribution in [0.15, 0.2) is 78.9 Å². The van der Waals surface area contributed by atoms with Gasteiger partial charge in [0.2, 0.25) is 0 Å². The summed E-state index contributed by atoms with van der Waals surface area (Å²) in [5.41, 5.74) is 10.6. The lowest BCUT2D eigenvalue weighted by molar-refractivity contribution is -0.138. The summed E-state index contributed by atoms with van der Waals surface area (Å²) in [6, 6.07) is 24.5. The van der Waals surface area contributed by atoms with E-state index in [9.17, 15) is 9.59 Å². The second-order valence-electron chi connectivity index (χ2n) is 7.23. The highest BCUT2D eigenvalue weighted by Crippen LogP contribution is 2.23. The largest absolute Gasteiger partial charge is 0.480 e. The van der Waals surface area contributed by atoms with Gasteiger partial charge in [-0.2, -0.15) is 0 Å². The zero-order chi connectivity index (χ0) is 21.3. The van der Waals surface area contributed by atoms with Crippen molar-refractivity contribution < 1.29 is 14.7 Å². The SMILES string of the molecule is NC(CCc1ccc(-c2ccccc2)cc1CNCC(=O)c1ccccc1)C(=O)O. The third-order valence-electron chi connectivity index (χ3n) is 5.05. The quantitative estimate of drug-likeness (QED) is 0.450. The van der Waals surface area contributed by atoms with Crippen molar-refractivity contribution in [2.75, 3.05) is 6.54 Å². The van der Waals surface area contributed by atoms with Gasteiger partial charge in [-0.15, -0.1) is 0 Å². The highest BCUT2D eigenvalue weighted by atomic mass is 16.4. The summed E-state index contributed by atoms with van der Waals surface area (Å²) >= 11 is 0. The Morgan fingerprint density at radius 3 is 2.20 bits per heavy atom. The van der Waals surface area contributed by atoms with E-state index in [4.69, 9.17) is 10.8 Å². The molecule has 0 fully saturated rings. The Bertz CT molecular complexity index is 988. The molecule has 3 rings (SSSR count). The molecule has 1 atom stereocenters. The number of carboxylic acids is 1. The second-order valence-corrected chi connectivity index (χ2v) is 7.23. The van der Waals surface area contributed by atoms with E-state index in [1.54, 1.807) is 12.1 Å². The van der Waals surface area contributed by atoms with E-state index in [0.717, 1.165) is 22.3 Å². The normalized spacial score (nSPS) is 11.8. The van der Waals surface area contributed by atoms with E-state index >= 15 is 0 Å². The average Bonchev–Trinajstić information content (AvgIpc) is 2.78. The van der Waals surface area contributed by atoms with Gasteiger partial charge in [-0.1, -0.05) is 72.8 Å². The molecule has 3 aromatic rings. The van der Waals surface area contributed by atoms with E-state index in [1.807, 2.05) is 60.7 Å². The summed E-state index contributed by atoms with van der Waals surface area (Å²) in [7, 11) is 0. The second kappa shape index (κ2) is 10.5. The maximum absolute atomic E-state index is 12.4. The maximum atomic E-state index is 12.4. The summed E-state index contributed by atoms with van der Waals surface area (Å²) in [5, 5.41) is 12.3. The predicted molar refractivity (Wildman–Crippen MR) is 118 cm³/mol. The summed E-state index contributed by atoms with van der Waals surface area (Å²) in [6.45, 7) is 0.741. The minimum absolute atomic E-state index is 0.0317. The van der Waals surface area contributed by atoms with Gasteiger partial charge in [0.25, 0.3) is 0 Å². The predicted octanol–water partition coefficient (Wildman–Crippen LogP) is 3.67. The van der Waals surface area contributed by atoms with Crippen LogP contribution in [0.4, 0.5) is 0 Å². The highest BCUT2D eigenvalue weighted by molar-refractivity contribution is 5.97. The molecular weight excluding hydrogens is 376 g/mol. The number of carbonyl (C=O) groups excluding carboxylic acids is 1. The standard InChI is InChI=1S/C25H26N2O3/c26-23(25(29)30)14-13-19-11-12-21(18-7-3-1-4-8-18)15-22(19)16-27-17-24(28)20-9-5-2-6-10-20/h1-12,15,23,27H,13-14,16-17,26H2,(H,29,30). The lowest BCUT2D eigenvalue weighted by atomic mass is 9.95. The molecule has 0 spiro atoms. The van der Waals surface area contributed by atoms with Gasteiger partial charge in [-0.25, -0.2) is 0 Å². The van der Waals surface area contributed by atoms with E-state index in [2.05, 4.69) is 11.4 Å². The van der Waals surface area contributed by atoms with Crippen LogP contribution >= 0.6 is 0 Å². The molecule has 0 aliphatic rings. The number of ketones is 1. The third-order valence-corrected chi connectivity index (χ3v) is 5.05. The Morgan fingerprint density at radius 1 is 0.867 bits per heavy atom. The average molecular weight is 402 g/mol. The van der Waals surface area contributed by atoms with Crippen LogP contribution in [-0.2, 0) is 17.8 Å². The van der Waals surface area contributed by atoms with Crippen LogP contribution < -0.4 is 11.1 Å². The van der Waals surface area contributed by atoms with Crippen LogP contribution in [0.5, 0.6) is 0 Å². The topological polar surface area (TPSA) is 92.4 Å². The zero-order valence-corrected chi connectivity index (χ0v) is 16.8. The molecule has 0 bridgehead atoms. The fraction of sp³-hybridized carbons (Fsp3) is 0.200. The van der Waals surface area contributed by atoms with Crippen molar-refractivity contribution >= 4 is 11.8 Å². The third kappa shape index (κ3) is 5.86. The van der Waals surface area contributed by atoms with Crippen molar-refractivity contribution in [2.45, 2.75) is 25.4 Å². The summed E-state index contributed by atoms with van der Waals surface area (Å²) in [5.74, 6) is -0.965. The van der Waals surface area contributed by atoms with Crippen molar-refractivity contribution in [3.05, 3.63) is 95.6 Å². The number of aliphatic carboxylic acids is 1. The zero-order valence-electron chi connectivity index (χ0n) is 16.8. The number of Topliss-reactive ketones (excluding diaryl/α,β-unsaturated/α-hetero) is 1. The molecule has 0 saturated heterocycles. The number of hydrogen-bond acceptors (Lipinski definition) is 4. The molecular formula is C25H26N2O3. The van der Waals surface area contributed by atoms with E-state index in [-0.39, 0.29) is 12.3 Å². The molecule has 5 heteroatoms. The fourth-order valence-corrected chi connectivity index (χ4v) is 3.32. The van der Waals surface area contributed by atoms with Crippen LogP contribution in [0, 0.1) is 0 Å². The monoisotopic (exact) mass is 402 g/mol. The minimum Gasteiger partial charge on any atom is -0.480 e. The molecule has 0 radical (unpaired) electrons. The van der Waals surface area contributed by atoms with Crippen molar-refractivity contribution in [3.8, 4) is 11.1 Å². The Morgan fingerprint density at radius 2 is 1.53 bits per heavy atom. The number of benzene rings is 3. The summed E-state index contributed by atoms with van der Waals surface area (Å²) in [4.78, 5) is 23.4. The number of rotatable bonds is 10. The van der Waals surface area contributed by atoms with Gasteiger partial charge in [0, 0.05) is 12.1 Å².